The lowest BCUT2D eigenvalue weighted by Gasteiger charge is -2.16. The molecule has 0 spiro atoms. The third kappa shape index (κ3) is 3.22. The third-order valence-corrected chi connectivity index (χ3v) is 3.90. The largest absolute Gasteiger partial charge is 0.324 e. The molecule has 4 heteroatoms. The van der Waals surface area contributed by atoms with E-state index in [1.807, 2.05) is 55.6 Å². The van der Waals surface area contributed by atoms with Crippen LogP contribution in [0.5, 0.6) is 0 Å². The predicted molar refractivity (Wildman–Crippen MR) is 81.2 cm³/mol. The summed E-state index contributed by atoms with van der Waals surface area (Å²) in [6.45, 7) is 3.88. The van der Waals surface area contributed by atoms with Gasteiger partial charge in [0, 0.05) is 16.1 Å². The van der Waals surface area contributed by atoms with Crippen LogP contribution in [-0.4, -0.2) is 11.9 Å². The maximum absolute atomic E-state index is 12.0. The predicted octanol–water partition coefficient (Wildman–Crippen LogP) is 3.34. The van der Waals surface area contributed by atoms with E-state index < -0.39 is 6.04 Å². The molecule has 1 atom stereocenters. The molecule has 100 valence electrons. The first-order chi connectivity index (χ1) is 9.09. The van der Waals surface area contributed by atoms with Crippen molar-refractivity contribution in [1.82, 2.24) is 0 Å². The zero-order chi connectivity index (χ0) is 13.8. The molecule has 1 aromatic carbocycles. The minimum atomic E-state index is -0.489. The van der Waals surface area contributed by atoms with Gasteiger partial charge in [0.05, 0.1) is 6.04 Å². The van der Waals surface area contributed by atoms with E-state index >= 15 is 0 Å². The Kier molecular flexibility index (Phi) is 4.35. The summed E-state index contributed by atoms with van der Waals surface area (Å²) in [5.41, 5.74) is 7.71. The summed E-state index contributed by atoms with van der Waals surface area (Å²) >= 11 is 1.65. The van der Waals surface area contributed by atoms with E-state index in [9.17, 15) is 4.79 Å². The van der Waals surface area contributed by atoms with E-state index in [-0.39, 0.29) is 11.8 Å². The number of benzene rings is 1. The summed E-state index contributed by atoms with van der Waals surface area (Å²) < 4.78 is 0. The molecule has 0 bridgehead atoms. The number of carbonyl (C=O) groups excluding carboxylic acids is 1. The van der Waals surface area contributed by atoms with Crippen molar-refractivity contribution in [3.63, 3.8) is 0 Å². The zero-order valence-corrected chi connectivity index (χ0v) is 11.9. The second-order valence-electron chi connectivity index (χ2n) is 4.78. The Morgan fingerprint density at radius 3 is 2.58 bits per heavy atom. The van der Waals surface area contributed by atoms with Crippen LogP contribution < -0.4 is 11.1 Å². The second-order valence-corrected chi connectivity index (χ2v) is 5.73. The molecule has 3 nitrogen and oxygen atoms in total. The Morgan fingerprint density at radius 2 is 1.95 bits per heavy atom. The summed E-state index contributed by atoms with van der Waals surface area (Å²) in [5.74, 6) is -0.0205. The van der Waals surface area contributed by atoms with Crippen LogP contribution in [0.25, 0.3) is 10.4 Å². The lowest BCUT2D eigenvalue weighted by molar-refractivity contribution is -0.118. The highest BCUT2D eigenvalue weighted by atomic mass is 32.1. The number of rotatable bonds is 4. The van der Waals surface area contributed by atoms with E-state index in [1.54, 1.807) is 11.3 Å². The summed E-state index contributed by atoms with van der Waals surface area (Å²) in [5, 5.41) is 4.94. The number of amides is 1. The second kappa shape index (κ2) is 5.99. The SMILES string of the molecule is CC(C)[C@H](N)C(=O)Nc1ccccc1-c1cccs1. The van der Waals surface area contributed by atoms with Gasteiger partial charge in [-0.1, -0.05) is 38.1 Å². The molecule has 0 saturated heterocycles. The van der Waals surface area contributed by atoms with Crippen molar-refractivity contribution in [2.24, 2.45) is 11.7 Å². The Labute approximate surface area is 117 Å². The van der Waals surface area contributed by atoms with Crippen molar-refractivity contribution >= 4 is 22.9 Å². The van der Waals surface area contributed by atoms with Crippen LogP contribution in [0.15, 0.2) is 41.8 Å². The van der Waals surface area contributed by atoms with Gasteiger partial charge in [-0.15, -0.1) is 11.3 Å². The minimum absolute atomic E-state index is 0.119. The van der Waals surface area contributed by atoms with Gasteiger partial charge in [-0.25, -0.2) is 0 Å². The molecule has 1 heterocycles. The molecular formula is C15H18N2OS. The molecule has 0 saturated carbocycles. The van der Waals surface area contributed by atoms with E-state index in [2.05, 4.69) is 5.32 Å². The molecule has 2 aromatic rings. The monoisotopic (exact) mass is 274 g/mol. The minimum Gasteiger partial charge on any atom is -0.324 e. The number of para-hydroxylation sites is 1. The van der Waals surface area contributed by atoms with Crippen LogP contribution in [0.2, 0.25) is 0 Å². The van der Waals surface area contributed by atoms with Gasteiger partial charge in [-0.05, 0) is 23.4 Å². The number of hydrogen-bond donors (Lipinski definition) is 2. The zero-order valence-electron chi connectivity index (χ0n) is 11.1. The van der Waals surface area contributed by atoms with Crippen molar-refractivity contribution < 1.29 is 4.79 Å². The van der Waals surface area contributed by atoms with Crippen LogP contribution in [0.1, 0.15) is 13.8 Å². The molecule has 19 heavy (non-hydrogen) atoms. The average Bonchev–Trinajstić information content (AvgIpc) is 2.92. The third-order valence-electron chi connectivity index (χ3n) is 2.99. The fourth-order valence-corrected chi connectivity index (χ4v) is 2.52. The number of anilines is 1. The fourth-order valence-electron chi connectivity index (χ4n) is 1.76. The Hall–Kier alpha value is -1.65. The molecule has 0 unspecified atom stereocenters. The summed E-state index contributed by atoms with van der Waals surface area (Å²) in [6.07, 6.45) is 0. The first-order valence-corrected chi connectivity index (χ1v) is 7.17. The first kappa shape index (κ1) is 13.8. The van der Waals surface area contributed by atoms with Gasteiger partial charge in [-0.2, -0.15) is 0 Å². The molecule has 1 amide bonds. The standard InChI is InChI=1S/C15H18N2OS/c1-10(2)14(16)15(18)17-12-7-4-3-6-11(12)13-8-5-9-19-13/h3-10,14H,16H2,1-2H3,(H,17,18)/t14-/m0/s1. The van der Waals surface area contributed by atoms with E-state index in [0.29, 0.717) is 0 Å². The van der Waals surface area contributed by atoms with Crippen LogP contribution in [0.3, 0.4) is 0 Å². The Bertz CT molecular complexity index is 549. The van der Waals surface area contributed by atoms with Crippen molar-refractivity contribution in [2.75, 3.05) is 5.32 Å². The fraction of sp³-hybridized carbons (Fsp3) is 0.267. The highest BCUT2D eigenvalue weighted by Gasteiger charge is 2.18. The summed E-state index contributed by atoms with van der Waals surface area (Å²) in [4.78, 5) is 13.2. The Balaban J connectivity index is 2.24. The summed E-state index contributed by atoms with van der Waals surface area (Å²) in [7, 11) is 0. The lowest BCUT2D eigenvalue weighted by Crippen LogP contribution is -2.39. The van der Waals surface area contributed by atoms with Crippen molar-refractivity contribution in [3.05, 3.63) is 41.8 Å². The number of carbonyl (C=O) groups is 1. The van der Waals surface area contributed by atoms with E-state index in [4.69, 9.17) is 5.73 Å². The molecule has 0 aliphatic heterocycles. The molecule has 0 aliphatic rings. The normalized spacial score (nSPS) is 12.4. The van der Waals surface area contributed by atoms with Gasteiger partial charge in [0.1, 0.15) is 0 Å². The smallest absolute Gasteiger partial charge is 0.241 e. The molecule has 2 rings (SSSR count). The molecule has 0 aliphatic carbocycles. The molecule has 1 aromatic heterocycles. The van der Waals surface area contributed by atoms with Crippen LogP contribution >= 0.6 is 11.3 Å². The van der Waals surface area contributed by atoms with Crippen LogP contribution in [0, 0.1) is 5.92 Å². The number of hydrogen-bond acceptors (Lipinski definition) is 3. The highest BCUT2D eigenvalue weighted by Crippen LogP contribution is 2.31. The van der Waals surface area contributed by atoms with Gasteiger partial charge < -0.3 is 11.1 Å². The molecule has 0 radical (unpaired) electrons. The maximum atomic E-state index is 12.0. The van der Waals surface area contributed by atoms with Gasteiger partial charge in [-0.3, -0.25) is 4.79 Å². The van der Waals surface area contributed by atoms with Crippen LogP contribution in [0.4, 0.5) is 5.69 Å². The first-order valence-electron chi connectivity index (χ1n) is 6.29. The molecular weight excluding hydrogens is 256 g/mol. The van der Waals surface area contributed by atoms with Crippen molar-refractivity contribution in [3.8, 4) is 10.4 Å². The van der Waals surface area contributed by atoms with Crippen molar-refractivity contribution in [1.29, 1.82) is 0 Å². The topological polar surface area (TPSA) is 55.1 Å². The molecule has 0 fully saturated rings. The van der Waals surface area contributed by atoms with Crippen LogP contribution in [-0.2, 0) is 4.79 Å². The van der Waals surface area contributed by atoms with Gasteiger partial charge in [0.25, 0.3) is 0 Å². The number of thiophene rings is 1. The van der Waals surface area contributed by atoms with Gasteiger partial charge in [0.15, 0.2) is 0 Å². The van der Waals surface area contributed by atoms with E-state index in [1.165, 1.54) is 0 Å². The molecule has 3 N–H and O–H groups in total. The lowest BCUT2D eigenvalue weighted by atomic mass is 10.0. The highest BCUT2D eigenvalue weighted by molar-refractivity contribution is 7.13. The quantitative estimate of drug-likeness (QED) is 0.898. The van der Waals surface area contributed by atoms with Crippen molar-refractivity contribution in [2.45, 2.75) is 19.9 Å². The Morgan fingerprint density at radius 1 is 1.21 bits per heavy atom. The average molecular weight is 274 g/mol. The number of nitrogens with two attached hydrogens (primary N) is 1. The van der Waals surface area contributed by atoms with Gasteiger partial charge >= 0.3 is 0 Å². The summed E-state index contributed by atoms with van der Waals surface area (Å²) in [6, 6.07) is 11.3. The van der Waals surface area contributed by atoms with E-state index in [0.717, 1.165) is 16.1 Å². The number of nitrogens with one attached hydrogen (secondary N) is 1. The van der Waals surface area contributed by atoms with Gasteiger partial charge in [0.2, 0.25) is 5.91 Å². The maximum Gasteiger partial charge on any atom is 0.241 e.